The van der Waals surface area contributed by atoms with Crippen molar-refractivity contribution in [3.63, 3.8) is 0 Å². The number of alkyl halides is 6. The Morgan fingerprint density at radius 3 is 0.732 bits per heavy atom. The lowest BCUT2D eigenvalue weighted by atomic mass is 9.92. The van der Waals surface area contributed by atoms with E-state index in [1.54, 1.807) is 12.1 Å². The van der Waals surface area contributed by atoms with Gasteiger partial charge in [0.15, 0.2) is 0 Å². The Balaban J connectivity index is 1.25. The van der Waals surface area contributed by atoms with Gasteiger partial charge < -0.3 is 0 Å². The molecular formula is C73H61F6N3. The average molecular weight is 1090 g/mol. The largest absolute Gasteiger partial charge is 0.416 e. The monoisotopic (exact) mass is 1090 g/mol. The first kappa shape index (κ1) is 53.9. The number of aromatic nitrogens is 3. The molecule has 3 heterocycles. The summed E-state index contributed by atoms with van der Waals surface area (Å²) in [5.41, 5.74) is 21.5. The molecule has 0 saturated carbocycles. The SMILES string of the molecule is Cc1cc(C)c(-c2ccc3c4ccc(-c5c(C)cc(C)cc5C)cc4n(-c4cc(-c5cc(C(F)(F)F)cc(C(F)(F)F)c5)cc(-n5c6cc(-c7c(C)cc(C)cc7C)ccc6c6ccc(-c7c(C)cc(C)cc7C)cc65)n4)c3c2)c(C)c1. The summed E-state index contributed by atoms with van der Waals surface area (Å²) < 4.78 is 94.1. The molecule has 0 bridgehead atoms. The van der Waals surface area contributed by atoms with Crippen molar-refractivity contribution in [1.29, 1.82) is 0 Å². The molecule has 0 fully saturated rings. The van der Waals surface area contributed by atoms with Gasteiger partial charge in [0.25, 0.3) is 0 Å². The van der Waals surface area contributed by atoms with Crippen LogP contribution in [0.5, 0.6) is 0 Å². The highest BCUT2D eigenvalue weighted by molar-refractivity contribution is 6.13. The molecule has 12 rings (SSSR count). The Morgan fingerprint density at radius 2 is 0.500 bits per heavy atom. The Hall–Kier alpha value is -8.69. The molecule has 82 heavy (non-hydrogen) atoms. The third kappa shape index (κ3) is 9.24. The first-order valence-electron chi connectivity index (χ1n) is 27.6. The molecule has 9 heteroatoms. The molecule has 0 amide bonds. The molecule has 9 aromatic carbocycles. The number of fused-ring (bicyclic) bond motifs is 6. The van der Waals surface area contributed by atoms with E-state index in [9.17, 15) is 26.3 Å². The van der Waals surface area contributed by atoms with Crippen LogP contribution in [0, 0.1) is 83.1 Å². The fraction of sp³-hybridized carbons (Fsp3) is 0.192. The van der Waals surface area contributed by atoms with Crippen LogP contribution in [-0.2, 0) is 12.4 Å². The molecule has 0 atom stereocenters. The fourth-order valence-corrected chi connectivity index (χ4v) is 13.7. The lowest BCUT2D eigenvalue weighted by Gasteiger charge is -2.18. The summed E-state index contributed by atoms with van der Waals surface area (Å²) in [5, 5.41) is 3.60. The van der Waals surface area contributed by atoms with E-state index in [2.05, 4.69) is 204 Å². The summed E-state index contributed by atoms with van der Waals surface area (Å²) in [6, 6.07) is 47.9. The second-order valence-corrected chi connectivity index (χ2v) is 23.1. The standard InChI is InChI=1S/C73H61F6N3/c1-38-21-42(5)68(43(6)22-38)50-13-17-58-59-18-14-51(69-44(7)23-39(2)24-45(69)8)32-63(59)81(62(58)31-50)66-35-55(54-29-56(72(74,75)76)37-57(30-54)73(77,78)79)36-67(80-66)82-64-33-52(70-46(9)25-40(3)26-47(70)10)15-19-60(64)61-20-16-53(34-65(61)82)71-48(11)27-41(4)28-49(71)12/h13-37H,1-12H3. The number of pyridine rings is 1. The minimum Gasteiger partial charge on any atom is -0.294 e. The van der Waals surface area contributed by atoms with Crippen LogP contribution in [0.4, 0.5) is 26.3 Å². The molecule has 0 aliphatic carbocycles. The lowest BCUT2D eigenvalue weighted by molar-refractivity contribution is -0.143. The molecule has 0 unspecified atom stereocenters. The van der Waals surface area contributed by atoms with Gasteiger partial charge in [0.05, 0.1) is 33.2 Å². The van der Waals surface area contributed by atoms with E-state index in [0.29, 0.717) is 11.6 Å². The van der Waals surface area contributed by atoms with Crippen molar-refractivity contribution in [2.24, 2.45) is 0 Å². The van der Waals surface area contributed by atoms with Gasteiger partial charge in [-0.05, 0) is 238 Å². The molecule has 12 aromatic rings. The van der Waals surface area contributed by atoms with Crippen molar-refractivity contribution in [2.75, 3.05) is 0 Å². The van der Waals surface area contributed by atoms with E-state index in [4.69, 9.17) is 4.98 Å². The van der Waals surface area contributed by atoms with Crippen molar-refractivity contribution in [2.45, 2.75) is 95.4 Å². The van der Waals surface area contributed by atoms with Crippen LogP contribution in [-0.4, -0.2) is 14.1 Å². The van der Waals surface area contributed by atoms with E-state index in [-0.39, 0.29) is 17.2 Å². The van der Waals surface area contributed by atoms with E-state index >= 15 is 0 Å². The number of hydrogen-bond acceptors (Lipinski definition) is 1. The van der Waals surface area contributed by atoms with E-state index < -0.39 is 23.5 Å². The summed E-state index contributed by atoms with van der Waals surface area (Å²) in [7, 11) is 0. The van der Waals surface area contributed by atoms with E-state index in [0.717, 1.165) is 167 Å². The highest BCUT2D eigenvalue weighted by atomic mass is 19.4. The van der Waals surface area contributed by atoms with Crippen LogP contribution in [0.15, 0.2) is 152 Å². The molecule has 0 aliphatic rings. The second kappa shape index (κ2) is 19.5. The van der Waals surface area contributed by atoms with Gasteiger partial charge in [0.1, 0.15) is 11.6 Å². The number of halogens is 6. The average Bonchev–Trinajstić information content (AvgIpc) is 2.28. The molecule has 3 nitrogen and oxygen atoms in total. The smallest absolute Gasteiger partial charge is 0.294 e. The van der Waals surface area contributed by atoms with Crippen LogP contribution in [0.3, 0.4) is 0 Å². The minimum atomic E-state index is -5.09. The van der Waals surface area contributed by atoms with E-state index in [1.165, 1.54) is 0 Å². The fourth-order valence-electron chi connectivity index (χ4n) is 13.7. The summed E-state index contributed by atoms with van der Waals surface area (Å²) in [5.74, 6) is 0.612. The predicted octanol–water partition coefficient (Wildman–Crippen LogP) is 21.3. The molecule has 0 spiro atoms. The molecule has 0 N–H and O–H groups in total. The molecular weight excluding hydrogens is 1030 g/mol. The van der Waals surface area contributed by atoms with Crippen molar-refractivity contribution < 1.29 is 26.3 Å². The summed E-state index contributed by atoms with van der Waals surface area (Å²) in [4.78, 5) is 5.66. The van der Waals surface area contributed by atoms with Gasteiger partial charge in [-0.2, -0.15) is 26.3 Å². The van der Waals surface area contributed by atoms with Gasteiger partial charge in [-0.1, -0.05) is 119 Å². The van der Waals surface area contributed by atoms with Crippen LogP contribution in [0.25, 0.3) is 111 Å². The van der Waals surface area contributed by atoms with Gasteiger partial charge in [0.2, 0.25) is 0 Å². The predicted molar refractivity (Wildman–Crippen MR) is 327 cm³/mol. The van der Waals surface area contributed by atoms with E-state index in [1.807, 2.05) is 9.13 Å². The Kier molecular flexibility index (Phi) is 12.8. The van der Waals surface area contributed by atoms with Crippen molar-refractivity contribution in [1.82, 2.24) is 14.1 Å². The van der Waals surface area contributed by atoms with Crippen LogP contribution >= 0.6 is 0 Å². The zero-order chi connectivity index (χ0) is 58.2. The molecule has 0 aliphatic heterocycles. The third-order valence-corrected chi connectivity index (χ3v) is 16.6. The van der Waals surface area contributed by atoms with Crippen molar-refractivity contribution >= 4 is 43.6 Å². The van der Waals surface area contributed by atoms with Crippen LogP contribution in [0.2, 0.25) is 0 Å². The maximum Gasteiger partial charge on any atom is 0.416 e. The second-order valence-electron chi connectivity index (χ2n) is 23.1. The number of hydrogen-bond donors (Lipinski definition) is 0. The summed E-state index contributed by atoms with van der Waals surface area (Å²) >= 11 is 0. The maximum atomic E-state index is 15.0. The number of nitrogens with zero attached hydrogens (tertiary/aromatic N) is 3. The first-order valence-corrected chi connectivity index (χ1v) is 27.6. The summed E-state index contributed by atoms with van der Waals surface area (Å²) in [6.45, 7) is 25.1. The minimum absolute atomic E-state index is 0.118. The number of benzene rings is 9. The quantitative estimate of drug-likeness (QED) is 0.146. The molecule has 410 valence electrons. The molecule has 0 radical (unpaired) electrons. The normalized spacial score (nSPS) is 12.3. The van der Waals surface area contributed by atoms with Gasteiger partial charge in [0, 0.05) is 21.5 Å². The Morgan fingerprint density at radius 1 is 0.268 bits per heavy atom. The first-order chi connectivity index (χ1) is 38.8. The third-order valence-electron chi connectivity index (χ3n) is 16.6. The topological polar surface area (TPSA) is 22.8 Å². The van der Waals surface area contributed by atoms with Crippen LogP contribution in [0.1, 0.15) is 77.9 Å². The van der Waals surface area contributed by atoms with Gasteiger partial charge in [-0.15, -0.1) is 0 Å². The Bertz CT molecular complexity index is 4070. The van der Waals surface area contributed by atoms with Gasteiger partial charge in [-0.3, -0.25) is 9.13 Å². The van der Waals surface area contributed by atoms with Crippen molar-refractivity contribution in [3.8, 4) is 67.3 Å². The zero-order valence-corrected chi connectivity index (χ0v) is 48.0. The Labute approximate surface area is 474 Å². The molecule has 3 aromatic heterocycles. The number of aryl methyl sites for hydroxylation is 12. The van der Waals surface area contributed by atoms with Gasteiger partial charge >= 0.3 is 12.4 Å². The van der Waals surface area contributed by atoms with Crippen molar-refractivity contribution in [3.05, 3.63) is 230 Å². The summed E-state index contributed by atoms with van der Waals surface area (Å²) in [6.07, 6.45) is -10.2. The van der Waals surface area contributed by atoms with Crippen LogP contribution < -0.4 is 0 Å². The highest BCUT2D eigenvalue weighted by Crippen LogP contribution is 2.45. The lowest BCUT2D eigenvalue weighted by Crippen LogP contribution is -2.11. The van der Waals surface area contributed by atoms with Gasteiger partial charge in [-0.25, -0.2) is 4.98 Å². The highest BCUT2D eigenvalue weighted by Gasteiger charge is 2.37. The zero-order valence-electron chi connectivity index (χ0n) is 48.0. The molecule has 0 saturated heterocycles. The number of rotatable bonds is 7. The maximum absolute atomic E-state index is 15.0.